The molecule has 1 heterocycles. The molecular formula is C14H10ClNO3. The summed E-state index contributed by atoms with van der Waals surface area (Å²) in [4.78, 5) is 27.3. The number of pyridine rings is 1. The summed E-state index contributed by atoms with van der Waals surface area (Å²) in [5, 5.41) is 9.61. The van der Waals surface area contributed by atoms with Crippen molar-refractivity contribution in [3.8, 4) is 0 Å². The summed E-state index contributed by atoms with van der Waals surface area (Å²) in [6.45, 7) is 1.67. The molecule has 0 radical (unpaired) electrons. The van der Waals surface area contributed by atoms with E-state index in [-0.39, 0.29) is 17.0 Å². The second kappa shape index (κ2) is 5.20. The Morgan fingerprint density at radius 1 is 1.11 bits per heavy atom. The maximum absolute atomic E-state index is 12.2. The van der Waals surface area contributed by atoms with Crippen molar-refractivity contribution >= 4 is 23.4 Å². The summed E-state index contributed by atoms with van der Waals surface area (Å²) >= 11 is 5.75. The molecule has 0 atom stereocenters. The molecule has 0 bridgehead atoms. The van der Waals surface area contributed by atoms with Crippen LogP contribution in [0.4, 0.5) is 0 Å². The van der Waals surface area contributed by atoms with Gasteiger partial charge in [-0.1, -0.05) is 11.6 Å². The smallest absolute Gasteiger partial charge is 0.355 e. The number of carbonyl (C=O) groups is 2. The lowest BCUT2D eigenvalue weighted by Crippen LogP contribution is -2.12. The number of carboxylic acid groups (broad SMARTS) is 1. The first kappa shape index (κ1) is 13.2. The molecule has 0 saturated heterocycles. The first-order valence-electron chi connectivity index (χ1n) is 5.50. The van der Waals surface area contributed by atoms with Crippen LogP contribution in [0.3, 0.4) is 0 Å². The molecular weight excluding hydrogens is 266 g/mol. The first-order chi connectivity index (χ1) is 8.99. The Bertz CT molecular complexity index is 650. The number of ketones is 1. The topological polar surface area (TPSA) is 67.3 Å². The van der Waals surface area contributed by atoms with E-state index in [1.54, 1.807) is 37.3 Å². The van der Waals surface area contributed by atoms with E-state index in [0.717, 1.165) is 0 Å². The van der Waals surface area contributed by atoms with E-state index in [1.807, 2.05) is 0 Å². The fourth-order valence-corrected chi connectivity index (χ4v) is 1.79. The Labute approximate surface area is 114 Å². The standard InChI is InChI=1S/C14H10ClNO3/c1-8-2-7-11(12(16-8)14(18)19)13(17)9-3-5-10(15)6-4-9/h2-7H,1H3,(H,18,19). The SMILES string of the molecule is Cc1ccc(C(=O)c2ccc(Cl)cc2)c(C(=O)O)n1. The number of aromatic nitrogens is 1. The van der Waals surface area contributed by atoms with Crippen LogP contribution in [0.15, 0.2) is 36.4 Å². The molecule has 1 aromatic carbocycles. The molecule has 0 fully saturated rings. The van der Waals surface area contributed by atoms with Crippen LogP contribution in [0.1, 0.15) is 32.1 Å². The number of rotatable bonds is 3. The van der Waals surface area contributed by atoms with Crippen LogP contribution >= 0.6 is 11.6 Å². The molecule has 0 unspecified atom stereocenters. The fourth-order valence-electron chi connectivity index (χ4n) is 1.66. The lowest BCUT2D eigenvalue weighted by Gasteiger charge is -2.05. The average Bonchev–Trinajstić information content (AvgIpc) is 2.38. The van der Waals surface area contributed by atoms with Crippen molar-refractivity contribution in [3.63, 3.8) is 0 Å². The molecule has 0 saturated carbocycles. The quantitative estimate of drug-likeness (QED) is 0.875. The highest BCUT2D eigenvalue weighted by Gasteiger charge is 2.19. The zero-order chi connectivity index (χ0) is 14.0. The highest BCUT2D eigenvalue weighted by Crippen LogP contribution is 2.16. The number of aromatic carboxylic acids is 1. The minimum Gasteiger partial charge on any atom is -0.476 e. The Morgan fingerprint density at radius 3 is 2.32 bits per heavy atom. The highest BCUT2D eigenvalue weighted by atomic mass is 35.5. The Hall–Kier alpha value is -2.20. The summed E-state index contributed by atoms with van der Waals surface area (Å²) in [6.07, 6.45) is 0. The zero-order valence-electron chi connectivity index (χ0n) is 10.1. The van der Waals surface area contributed by atoms with Gasteiger partial charge in [-0.25, -0.2) is 9.78 Å². The number of carboxylic acids is 1. The number of hydrogen-bond acceptors (Lipinski definition) is 3. The van der Waals surface area contributed by atoms with Crippen molar-refractivity contribution in [2.45, 2.75) is 6.92 Å². The molecule has 0 amide bonds. The minimum absolute atomic E-state index is 0.0698. The van der Waals surface area contributed by atoms with Crippen LogP contribution in [0.2, 0.25) is 5.02 Å². The van der Waals surface area contributed by atoms with Crippen molar-refractivity contribution in [1.82, 2.24) is 4.98 Å². The van der Waals surface area contributed by atoms with Gasteiger partial charge >= 0.3 is 5.97 Å². The molecule has 5 heteroatoms. The lowest BCUT2D eigenvalue weighted by atomic mass is 10.0. The maximum Gasteiger partial charge on any atom is 0.355 e. The third kappa shape index (κ3) is 2.80. The van der Waals surface area contributed by atoms with E-state index in [4.69, 9.17) is 16.7 Å². The second-order valence-corrected chi connectivity index (χ2v) is 4.43. The summed E-state index contributed by atoms with van der Waals surface area (Å²) < 4.78 is 0. The van der Waals surface area contributed by atoms with Crippen molar-refractivity contribution in [2.24, 2.45) is 0 Å². The Morgan fingerprint density at radius 2 is 1.74 bits per heavy atom. The number of hydrogen-bond donors (Lipinski definition) is 1. The molecule has 2 rings (SSSR count). The zero-order valence-corrected chi connectivity index (χ0v) is 10.8. The fraction of sp³-hybridized carbons (Fsp3) is 0.0714. The number of benzene rings is 1. The van der Waals surface area contributed by atoms with Crippen LogP contribution in [-0.4, -0.2) is 21.8 Å². The van der Waals surface area contributed by atoms with E-state index >= 15 is 0 Å². The van der Waals surface area contributed by atoms with Gasteiger partial charge in [0.05, 0.1) is 5.56 Å². The van der Waals surface area contributed by atoms with E-state index in [2.05, 4.69) is 4.98 Å². The van der Waals surface area contributed by atoms with Crippen LogP contribution in [0, 0.1) is 6.92 Å². The van der Waals surface area contributed by atoms with Gasteiger partial charge in [0.15, 0.2) is 11.5 Å². The van der Waals surface area contributed by atoms with Crippen molar-refractivity contribution in [3.05, 3.63) is 63.9 Å². The van der Waals surface area contributed by atoms with Crippen molar-refractivity contribution in [2.75, 3.05) is 0 Å². The van der Waals surface area contributed by atoms with E-state index in [0.29, 0.717) is 16.3 Å². The number of carbonyl (C=O) groups excluding carboxylic acids is 1. The number of halogens is 1. The summed E-state index contributed by atoms with van der Waals surface area (Å²) in [6, 6.07) is 9.35. The molecule has 0 aliphatic heterocycles. The predicted octanol–water partition coefficient (Wildman–Crippen LogP) is 2.97. The van der Waals surface area contributed by atoms with Crippen molar-refractivity contribution in [1.29, 1.82) is 0 Å². The van der Waals surface area contributed by atoms with Gasteiger partial charge in [0.25, 0.3) is 0 Å². The second-order valence-electron chi connectivity index (χ2n) is 3.99. The lowest BCUT2D eigenvalue weighted by molar-refractivity contribution is 0.0686. The van der Waals surface area contributed by atoms with Gasteiger partial charge in [-0.15, -0.1) is 0 Å². The normalized spacial score (nSPS) is 10.2. The number of nitrogens with zero attached hydrogens (tertiary/aromatic N) is 1. The molecule has 2 aromatic rings. The minimum atomic E-state index is -1.22. The van der Waals surface area contributed by atoms with Gasteiger partial charge < -0.3 is 5.11 Å². The van der Waals surface area contributed by atoms with Gasteiger partial charge in [-0.2, -0.15) is 0 Å². The average molecular weight is 276 g/mol. The first-order valence-corrected chi connectivity index (χ1v) is 5.88. The van der Waals surface area contributed by atoms with E-state index < -0.39 is 5.97 Å². The van der Waals surface area contributed by atoms with E-state index in [9.17, 15) is 9.59 Å². The summed E-state index contributed by atoms with van der Waals surface area (Å²) in [5.41, 5.74) is 0.753. The number of aryl methyl sites for hydroxylation is 1. The maximum atomic E-state index is 12.2. The van der Waals surface area contributed by atoms with Crippen LogP contribution in [0.5, 0.6) is 0 Å². The Balaban J connectivity index is 2.49. The van der Waals surface area contributed by atoms with Crippen molar-refractivity contribution < 1.29 is 14.7 Å². The summed E-state index contributed by atoms with van der Waals surface area (Å²) in [5.74, 6) is -1.61. The predicted molar refractivity (Wildman–Crippen MR) is 70.8 cm³/mol. The van der Waals surface area contributed by atoms with Crippen LogP contribution in [-0.2, 0) is 0 Å². The molecule has 0 spiro atoms. The molecule has 4 nitrogen and oxygen atoms in total. The Kier molecular flexibility index (Phi) is 3.62. The largest absolute Gasteiger partial charge is 0.476 e. The molecule has 19 heavy (non-hydrogen) atoms. The third-order valence-electron chi connectivity index (χ3n) is 2.59. The molecule has 1 aromatic heterocycles. The van der Waals surface area contributed by atoms with Gasteiger partial charge in [-0.3, -0.25) is 4.79 Å². The molecule has 0 aliphatic carbocycles. The van der Waals surface area contributed by atoms with Crippen LogP contribution in [0.25, 0.3) is 0 Å². The monoisotopic (exact) mass is 275 g/mol. The van der Waals surface area contributed by atoms with Gasteiger partial charge in [0.1, 0.15) is 0 Å². The molecule has 1 N–H and O–H groups in total. The van der Waals surface area contributed by atoms with Gasteiger partial charge in [0.2, 0.25) is 0 Å². The molecule has 0 aliphatic rings. The van der Waals surface area contributed by atoms with Crippen LogP contribution < -0.4 is 0 Å². The summed E-state index contributed by atoms with van der Waals surface area (Å²) in [7, 11) is 0. The van der Waals surface area contributed by atoms with E-state index in [1.165, 1.54) is 6.07 Å². The van der Waals surface area contributed by atoms with Gasteiger partial charge in [-0.05, 0) is 43.3 Å². The molecule has 96 valence electrons. The highest BCUT2D eigenvalue weighted by molar-refractivity contribution is 6.30. The van der Waals surface area contributed by atoms with Gasteiger partial charge in [0, 0.05) is 16.3 Å². The third-order valence-corrected chi connectivity index (χ3v) is 2.84.